The van der Waals surface area contributed by atoms with Crippen molar-refractivity contribution in [3.05, 3.63) is 60.1 Å². The van der Waals surface area contributed by atoms with Crippen LogP contribution >= 0.6 is 0 Å². The number of hydrogen-bond donors (Lipinski definition) is 1. The van der Waals surface area contributed by atoms with Crippen LogP contribution < -0.4 is 14.8 Å². The van der Waals surface area contributed by atoms with Crippen LogP contribution in [0.5, 0.6) is 11.5 Å². The second-order valence-corrected chi connectivity index (χ2v) is 7.31. The van der Waals surface area contributed by atoms with Crippen LogP contribution in [-0.4, -0.2) is 50.6 Å². The molecule has 7 nitrogen and oxygen atoms in total. The number of furan rings is 1. The Balaban J connectivity index is 1.40. The zero-order chi connectivity index (χ0) is 22.1. The van der Waals surface area contributed by atoms with Crippen molar-refractivity contribution in [2.24, 2.45) is 5.92 Å². The van der Waals surface area contributed by atoms with Crippen molar-refractivity contribution in [2.75, 3.05) is 33.9 Å². The number of likely N-dealkylation sites (tertiary alicyclic amines) is 1. The van der Waals surface area contributed by atoms with Gasteiger partial charge in [0.2, 0.25) is 11.8 Å². The van der Waals surface area contributed by atoms with Gasteiger partial charge in [-0.2, -0.15) is 0 Å². The van der Waals surface area contributed by atoms with Crippen LogP contribution in [-0.2, 0) is 9.59 Å². The van der Waals surface area contributed by atoms with Gasteiger partial charge in [0.15, 0.2) is 11.5 Å². The molecule has 0 spiro atoms. The van der Waals surface area contributed by atoms with Crippen LogP contribution in [0.1, 0.15) is 24.2 Å². The van der Waals surface area contributed by atoms with Crippen LogP contribution in [0, 0.1) is 5.92 Å². The maximum atomic E-state index is 12.3. The third kappa shape index (κ3) is 6.50. The highest BCUT2D eigenvalue weighted by atomic mass is 16.5. The molecule has 1 aliphatic rings. The number of methoxy groups -OCH3 is 2. The Morgan fingerprint density at radius 3 is 2.55 bits per heavy atom. The second-order valence-electron chi connectivity index (χ2n) is 7.31. The standard InChI is InChI=1S/C24H28N2O5/c1-29-21-8-5-18(16-22(21)30-2)6-9-23(27)25-17-19-11-13-26(14-12-19)24(28)10-7-20-4-3-15-31-20/h3-10,15-16,19H,11-14,17H2,1-2H3,(H,25,27)/b9-6+,10-7+. The molecule has 31 heavy (non-hydrogen) atoms. The maximum Gasteiger partial charge on any atom is 0.246 e. The Bertz CT molecular complexity index is 925. The van der Waals surface area contributed by atoms with Crippen LogP contribution in [0.3, 0.4) is 0 Å². The number of amides is 2. The van der Waals surface area contributed by atoms with Crippen molar-refractivity contribution in [3.8, 4) is 11.5 Å². The molecule has 2 amide bonds. The molecule has 0 aliphatic carbocycles. The minimum Gasteiger partial charge on any atom is -0.493 e. The number of carbonyl (C=O) groups is 2. The predicted molar refractivity (Wildman–Crippen MR) is 119 cm³/mol. The molecule has 3 rings (SSSR count). The quantitative estimate of drug-likeness (QED) is 0.657. The van der Waals surface area contributed by atoms with E-state index in [4.69, 9.17) is 13.9 Å². The van der Waals surface area contributed by atoms with Gasteiger partial charge in [0.25, 0.3) is 0 Å². The molecule has 0 radical (unpaired) electrons. The fraction of sp³-hybridized carbons (Fsp3) is 0.333. The van der Waals surface area contributed by atoms with Crippen molar-refractivity contribution in [1.82, 2.24) is 10.2 Å². The third-order valence-corrected chi connectivity index (χ3v) is 5.26. The number of nitrogens with zero attached hydrogens (tertiary/aromatic N) is 1. The predicted octanol–water partition coefficient (Wildman–Crippen LogP) is 3.38. The summed E-state index contributed by atoms with van der Waals surface area (Å²) in [5.74, 6) is 2.12. The van der Waals surface area contributed by atoms with Crippen molar-refractivity contribution in [3.63, 3.8) is 0 Å². The molecule has 1 fully saturated rings. The van der Waals surface area contributed by atoms with E-state index in [1.807, 2.05) is 17.0 Å². The lowest BCUT2D eigenvalue weighted by molar-refractivity contribution is -0.127. The Kier molecular flexibility index (Phi) is 7.92. The molecule has 1 aliphatic heterocycles. The number of carbonyl (C=O) groups excluding carboxylic acids is 2. The summed E-state index contributed by atoms with van der Waals surface area (Å²) < 4.78 is 15.7. The second kappa shape index (κ2) is 11.1. The SMILES string of the molecule is COc1ccc(/C=C/C(=O)NCC2CCN(C(=O)/C=C/c3ccco3)CC2)cc1OC. The molecule has 2 heterocycles. The number of piperidine rings is 1. The highest BCUT2D eigenvalue weighted by Crippen LogP contribution is 2.28. The first-order valence-electron chi connectivity index (χ1n) is 10.3. The van der Waals surface area contributed by atoms with E-state index in [1.165, 1.54) is 6.08 Å². The molecule has 1 aromatic carbocycles. The van der Waals surface area contributed by atoms with Crippen molar-refractivity contribution in [1.29, 1.82) is 0 Å². The summed E-state index contributed by atoms with van der Waals surface area (Å²) >= 11 is 0. The van der Waals surface area contributed by atoms with Crippen molar-refractivity contribution in [2.45, 2.75) is 12.8 Å². The first-order valence-corrected chi connectivity index (χ1v) is 10.3. The van der Waals surface area contributed by atoms with Crippen LogP contribution in [0.25, 0.3) is 12.2 Å². The molecule has 7 heteroatoms. The summed E-state index contributed by atoms with van der Waals surface area (Å²) in [6.07, 6.45) is 9.77. The van der Waals surface area contributed by atoms with Gasteiger partial charge in [-0.1, -0.05) is 6.07 Å². The van der Waals surface area contributed by atoms with Crippen LogP contribution in [0.4, 0.5) is 0 Å². The van der Waals surface area contributed by atoms with Gasteiger partial charge in [0, 0.05) is 31.8 Å². The summed E-state index contributed by atoms with van der Waals surface area (Å²) in [6.45, 7) is 1.96. The van der Waals surface area contributed by atoms with Gasteiger partial charge < -0.3 is 24.1 Å². The van der Waals surface area contributed by atoms with E-state index in [2.05, 4.69) is 5.32 Å². The summed E-state index contributed by atoms with van der Waals surface area (Å²) in [5.41, 5.74) is 0.849. The monoisotopic (exact) mass is 424 g/mol. The lowest BCUT2D eigenvalue weighted by Crippen LogP contribution is -2.40. The largest absolute Gasteiger partial charge is 0.493 e. The highest BCUT2D eigenvalue weighted by Gasteiger charge is 2.21. The topological polar surface area (TPSA) is 81.0 Å². The molecule has 0 saturated carbocycles. The van der Waals surface area contributed by atoms with E-state index < -0.39 is 0 Å². The van der Waals surface area contributed by atoms with Crippen LogP contribution in [0.15, 0.2) is 53.2 Å². The Morgan fingerprint density at radius 2 is 1.87 bits per heavy atom. The average Bonchev–Trinajstić information content (AvgIpc) is 3.33. The summed E-state index contributed by atoms with van der Waals surface area (Å²) in [4.78, 5) is 26.3. The fourth-order valence-corrected chi connectivity index (χ4v) is 3.43. The molecule has 0 bridgehead atoms. The molecule has 1 saturated heterocycles. The van der Waals surface area contributed by atoms with E-state index in [9.17, 15) is 9.59 Å². The normalized spacial score (nSPS) is 14.8. The van der Waals surface area contributed by atoms with E-state index in [-0.39, 0.29) is 11.8 Å². The van der Waals surface area contributed by atoms with Gasteiger partial charge in [-0.25, -0.2) is 0 Å². The highest BCUT2D eigenvalue weighted by molar-refractivity contribution is 5.92. The molecule has 2 aromatic rings. The average molecular weight is 424 g/mol. The van der Waals surface area contributed by atoms with Gasteiger partial charge in [-0.3, -0.25) is 9.59 Å². The smallest absolute Gasteiger partial charge is 0.246 e. The summed E-state index contributed by atoms with van der Waals surface area (Å²) in [5, 5.41) is 2.95. The van der Waals surface area contributed by atoms with Gasteiger partial charge in [-0.15, -0.1) is 0 Å². The minimum atomic E-state index is -0.144. The van der Waals surface area contributed by atoms with Gasteiger partial charge in [0.05, 0.1) is 20.5 Å². The summed E-state index contributed by atoms with van der Waals surface area (Å²) in [7, 11) is 3.16. The van der Waals surface area contributed by atoms with E-state index in [1.54, 1.807) is 56.9 Å². The number of ether oxygens (including phenoxy) is 2. The van der Waals surface area contributed by atoms with Gasteiger partial charge >= 0.3 is 0 Å². The van der Waals surface area contributed by atoms with E-state index >= 15 is 0 Å². The van der Waals surface area contributed by atoms with E-state index in [0.29, 0.717) is 42.8 Å². The number of hydrogen-bond acceptors (Lipinski definition) is 5. The molecular formula is C24H28N2O5. The van der Waals surface area contributed by atoms with E-state index in [0.717, 1.165) is 18.4 Å². The number of nitrogens with one attached hydrogen (secondary N) is 1. The third-order valence-electron chi connectivity index (χ3n) is 5.26. The minimum absolute atomic E-state index is 0.0169. The molecule has 0 atom stereocenters. The molecule has 1 N–H and O–H groups in total. The van der Waals surface area contributed by atoms with Crippen LogP contribution in [0.2, 0.25) is 0 Å². The van der Waals surface area contributed by atoms with Gasteiger partial charge in [-0.05, 0) is 60.7 Å². The Morgan fingerprint density at radius 1 is 1.10 bits per heavy atom. The first-order chi connectivity index (χ1) is 15.1. The molecule has 0 unspecified atom stereocenters. The Hall–Kier alpha value is -3.48. The first kappa shape index (κ1) is 22.2. The summed E-state index contributed by atoms with van der Waals surface area (Å²) in [6, 6.07) is 9.06. The molecular weight excluding hydrogens is 396 g/mol. The van der Waals surface area contributed by atoms with Gasteiger partial charge in [0.1, 0.15) is 5.76 Å². The maximum absolute atomic E-state index is 12.3. The molecule has 164 valence electrons. The zero-order valence-electron chi connectivity index (χ0n) is 17.9. The Labute approximate surface area is 182 Å². The fourth-order valence-electron chi connectivity index (χ4n) is 3.43. The lowest BCUT2D eigenvalue weighted by atomic mass is 9.96. The molecule has 1 aromatic heterocycles. The van der Waals surface area contributed by atoms with Crippen molar-refractivity contribution < 1.29 is 23.5 Å². The number of benzene rings is 1. The number of rotatable bonds is 8. The van der Waals surface area contributed by atoms with Crippen molar-refractivity contribution >= 4 is 24.0 Å². The lowest BCUT2D eigenvalue weighted by Gasteiger charge is -2.31. The zero-order valence-corrected chi connectivity index (χ0v) is 17.9.